The van der Waals surface area contributed by atoms with Gasteiger partial charge in [-0.15, -0.1) is 11.3 Å². The number of thiophene rings is 1. The quantitative estimate of drug-likeness (QED) is 0.416. The highest BCUT2D eigenvalue weighted by Crippen LogP contribution is 2.42. The fraction of sp³-hybridized carbons (Fsp3) is 0.200. The van der Waals surface area contributed by atoms with Gasteiger partial charge in [0.1, 0.15) is 5.82 Å². The molecule has 24 heavy (non-hydrogen) atoms. The average Bonchev–Trinajstić information content (AvgIpc) is 2.97. The van der Waals surface area contributed by atoms with Gasteiger partial charge in [-0.05, 0) is 48.6 Å². The van der Waals surface area contributed by atoms with Crippen molar-refractivity contribution in [3.63, 3.8) is 0 Å². The van der Waals surface area contributed by atoms with E-state index in [1.54, 1.807) is 6.07 Å². The third-order valence-electron chi connectivity index (χ3n) is 4.36. The van der Waals surface area contributed by atoms with E-state index in [2.05, 4.69) is 0 Å². The first kappa shape index (κ1) is 15.3. The second kappa shape index (κ2) is 5.71. The molecule has 0 N–H and O–H groups in total. The molecular weight excluding hydrogens is 326 g/mol. The number of fused-ring (bicyclic) bond motifs is 4. The summed E-state index contributed by atoms with van der Waals surface area (Å²) in [7, 11) is 0. The Hall–Kier alpha value is -2.20. The van der Waals surface area contributed by atoms with Crippen molar-refractivity contribution in [3.8, 4) is 5.75 Å². The number of hydrogen-bond donors (Lipinski definition) is 0. The Kier molecular flexibility index (Phi) is 3.65. The molecule has 4 aromatic rings. The number of halogens is 2. The summed E-state index contributed by atoms with van der Waals surface area (Å²) in [5.74, 6) is -0.459. The molecule has 1 aromatic heterocycles. The van der Waals surface area contributed by atoms with Crippen molar-refractivity contribution in [2.24, 2.45) is 0 Å². The summed E-state index contributed by atoms with van der Waals surface area (Å²) in [6.45, 7) is 4.25. The van der Waals surface area contributed by atoms with Crippen LogP contribution in [0.15, 0.2) is 36.4 Å². The van der Waals surface area contributed by atoms with Gasteiger partial charge in [0.2, 0.25) is 0 Å². The van der Waals surface area contributed by atoms with E-state index in [9.17, 15) is 4.39 Å². The third-order valence-corrected chi connectivity index (χ3v) is 5.57. The number of ether oxygens (including phenoxy) is 1. The molecule has 0 aliphatic carbocycles. The average molecular weight is 342 g/mol. The van der Waals surface area contributed by atoms with E-state index in [1.165, 1.54) is 0 Å². The van der Waals surface area contributed by atoms with Gasteiger partial charge >= 0.3 is 0 Å². The van der Waals surface area contributed by atoms with Gasteiger partial charge in [-0.25, -0.2) is 8.78 Å². The van der Waals surface area contributed by atoms with Crippen molar-refractivity contribution < 1.29 is 13.5 Å². The Balaban J connectivity index is 2.10. The normalized spacial score (nSPS) is 11.7. The lowest BCUT2D eigenvalue weighted by Gasteiger charge is -2.05. The highest BCUT2D eigenvalue weighted by atomic mass is 32.1. The van der Waals surface area contributed by atoms with Gasteiger partial charge in [0.15, 0.2) is 11.6 Å². The molecule has 4 rings (SSSR count). The van der Waals surface area contributed by atoms with Crippen LogP contribution in [0, 0.1) is 11.6 Å². The Morgan fingerprint density at radius 3 is 2.42 bits per heavy atom. The lowest BCUT2D eigenvalue weighted by atomic mass is 10.0. The van der Waals surface area contributed by atoms with Crippen LogP contribution in [-0.2, 0) is 6.42 Å². The van der Waals surface area contributed by atoms with Crippen molar-refractivity contribution in [2.45, 2.75) is 20.3 Å². The zero-order chi connectivity index (χ0) is 16.8. The Labute approximate surface area is 142 Å². The maximum absolute atomic E-state index is 15.1. The zero-order valence-corrected chi connectivity index (χ0v) is 14.3. The van der Waals surface area contributed by atoms with Crippen LogP contribution in [0.5, 0.6) is 5.75 Å². The van der Waals surface area contributed by atoms with Gasteiger partial charge in [-0.3, -0.25) is 0 Å². The van der Waals surface area contributed by atoms with Crippen LogP contribution in [-0.4, -0.2) is 6.61 Å². The minimum Gasteiger partial charge on any atom is -0.491 e. The molecule has 0 aliphatic heterocycles. The molecule has 122 valence electrons. The van der Waals surface area contributed by atoms with Crippen LogP contribution >= 0.6 is 11.3 Å². The maximum Gasteiger partial charge on any atom is 0.182 e. The minimum absolute atomic E-state index is 0.217. The second-order valence-corrected chi connectivity index (χ2v) is 6.79. The summed E-state index contributed by atoms with van der Waals surface area (Å²) in [6.07, 6.45) is 0.853. The van der Waals surface area contributed by atoms with E-state index in [1.807, 2.05) is 44.2 Å². The van der Waals surface area contributed by atoms with Crippen molar-refractivity contribution in [1.82, 2.24) is 0 Å². The largest absolute Gasteiger partial charge is 0.491 e. The first-order valence-corrected chi connectivity index (χ1v) is 8.84. The smallest absolute Gasteiger partial charge is 0.182 e. The van der Waals surface area contributed by atoms with Gasteiger partial charge in [0, 0.05) is 16.2 Å². The summed E-state index contributed by atoms with van der Waals surface area (Å²) >= 11 is 1.15. The first-order chi connectivity index (χ1) is 11.6. The minimum atomic E-state index is -0.409. The van der Waals surface area contributed by atoms with Gasteiger partial charge < -0.3 is 4.74 Å². The van der Waals surface area contributed by atoms with Crippen LogP contribution in [0.1, 0.15) is 19.4 Å². The second-order valence-electron chi connectivity index (χ2n) is 5.77. The molecule has 0 spiro atoms. The topological polar surface area (TPSA) is 9.23 Å². The van der Waals surface area contributed by atoms with Crippen LogP contribution < -0.4 is 4.74 Å². The van der Waals surface area contributed by atoms with E-state index in [-0.39, 0.29) is 11.6 Å². The van der Waals surface area contributed by atoms with Gasteiger partial charge in [-0.2, -0.15) is 0 Å². The predicted octanol–water partition coefficient (Wildman–Crippen LogP) is 6.45. The number of benzene rings is 3. The molecule has 0 aliphatic rings. The van der Waals surface area contributed by atoms with Gasteiger partial charge in [0.25, 0.3) is 0 Å². The molecule has 0 unspecified atom stereocenters. The van der Waals surface area contributed by atoms with Gasteiger partial charge in [-0.1, -0.05) is 19.1 Å². The Bertz CT molecular complexity index is 1080. The standard InChI is InChI=1S/C20H16F2OS/c1-3-11-5-6-12-10-15-13-7-8-16(23-4-2)18(22)19(13)24-20(15)17(21)14(12)9-11/h5-10H,3-4H2,1-2H3. The molecule has 0 saturated heterocycles. The molecule has 0 radical (unpaired) electrons. The van der Waals surface area contributed by atoms with Crippen LogP contribution in [0.2, 0.25) is 0 Å². The highest BCUT2D eigenvalue weighted by Gasteiger charge is 2.17. The summed E-state index contributed by atoms with van der Waals surface area (Å²) in [4.78, 5) is 0. The molecule has 1 nitrogen and oxygen atoms in total. The van der Waals surface area contributed by atoms with E-state index in [4.69, 9.17) is 4.74 Å². The van der Waals surface area contributed by atoms with Crippen molar-refractivity contribution in [2.75, 3.05) is 6.61 Å². The maximum atomic E-state index is 15.1. The Morgan fingerprint density at radius 2 is 1.67 bits per heavy atom. The Morgan fingerprint density at radius 1 is 0.875 bits per heavy atom. The van der Waals surface area contributed by atoms with Crippen molar-refractivity contribution >= 4 is 42.3 Å². The molecule has 4 heteroatoms. The SMILES string of the molecule is CCOc1ccc2c(sc3c(F)c4cc(CC)ccc4cc32)c1F. The number of hydrogen-bond acceptors (Lipinski definition) is 2. The van der Waals surface area contributed by atoms with Crippen molar-refractivity contribution in [1.29, 1.82) is 0 Å². The fourth-order valence-corrected chi connectivity index (χ4v) is 4.28. The molecule has 0 saturated carbocycles. The summed E-state index contributed by atoms with van der Waals surface area (Å²) in [5.41, 5.74) is 1.09. The monoisotopic (exact) mass is 342 g/mol. The van der Waals surface area contributed by atoms with E-state index in [0.717, 1.165) is 39.5 Å². The third kappa shape index (κ3) is 2.17. The zero-order valence-electron chi connectivity index (χ0n) is 13.5. The number of aryl methyl sites for hydroxylation is 1. The molecule has 0 amide bonds. The first-order valence-electron chi connectivity index (χ1n) is 8.02. The molecule has 1 heterocycles. The predicted molar refractivity (Wildman–Crippen MR) is 97.3 cm³/mol. The van der Waals surface area contributed by atoms with Crippen molar-refractivity contribution in [3.05, 3.63) is 53.6 Å². The van der Waals surface area contributed by atoms with Crippen LogP contribution in [0.3, 0.4) is 0 Å². The molecular formula is C20H16F2OS. The fourth-order valence-electron chi connectivity index (χ4n) is 3.12. The highest BCUT2D eigenvalue weighted by molar-refractivity contribution is 7.26. The summed E-state index contributed by atoms with van der Waals surface area (Å²) in [5, 5.41) is 2.92. The van der Waals surface area contributed by atoms with E-state index < -0.39 is 5.82 Å². The van der Waals surface area contributed by atoms with E-state index >= 15 is 4.39 Å². The van der Waals surface area contributed by atoms with Crippen LogP contribution in [0.25, 0.3) is 30.9 Å². The van der Waals surface area contributed by atoms with Gasteiger partial charge in [0.05, 0.1) is 16.0 Å². The molecule has 0 atom stereocenters. The lowest BCUT2D eigenvalue weighted by molar-refractivity contribution is 0.323. The van der Waals surface area contributed by atoms with Crippen LogP contribution in [0.4, 0.5) is 8.78 Å². The molecule has 0 bridgehead atoms. The molecule has 0 fully saturated rings. The number of rotatable bonds is 3. The van der Waals surface area contributed by atoms with E-state index in [0.29, 0.717) is 21.4 Å². The summed E-state index contributed by atoms with van der Waals surface area (Å²) < 4.78 is 36.0. The lowest BCUT2D eigenvalue weighted by Crippen LogP contribution is -1.93. The summed E-state index contributed by atoms with van der Waals surface area (Å²) in [6, 6.07) is 11.2. The molecule has 3 aromatic carbocycles.